The molecule has 0 radical (unpaired) electrons. The van der Waals surface area contributed by atoms with Gasteiger partial charge in [0, 0.05) is 5.41 Å². The lowest BCUT2D eigenvalue weighted by molar-refractivity contribution is -0.0888. The van der Waals surface area contributed by atoms with Crippen LogP contribution in [0.25, 0.3) is 0 Å². The number of halogens is 3. The molecular formula is C14H23F3. The number of hydrogen-bond donors (Lipinski definition) is 0. The van der Waals surface area contributed by atoms with Crippen molar-refractivity contribution in [3.8, 4) is 0 Å². The molecule has 17 heavy (non-hydrogen) atoms. The summed E-state index contributed by atoms with van der Waals surface area (Å²) in [6.45, 7) is 11.5. The van der Waals surface area contributed by atoms with Gasteiger partial charge in [0.05, 0.1) is 5.57 Å². The molecule has 0 aromatic heterocycles. The Labute approximate surface area is 103 Å². The predicted molar refractivity (Wildman–Crippen MR) is 68.9 cm³/mol. The summed E-state index contributed by atoms with van der Waals surface area (Å²) >= 11 is 0. The van der Waals surface area contributed by atoms with Gasteiger partial charge < -0.3 is 0 Å². The first-order valence-electron chi connectivity index (χ1n) is 5.97. The Morgan fingerprint density at radius 3 is 1.82 bits per heavy atom. The maximum atomic E-state index is 12.3. The zero-order chi connectivity index (χ0) is 14.1. The van der Waals surface area contributed by atoms with E-state index >= 15 is 0 Å². The van der Waals surface area contributed by atoms with Crippen LogP contribution in [0.4, 0.5) is 13.2 Å². The molecule has 0 nitrogen and oxygen atoms in total. The van der Waals surface area contributed by atoms with E-state index < -0.39 is 17.2 Å². The normalized spacial score (nSPS) is 16.9. The number of rotatable bonds is 0. The summed E-state index contributed by atoms with van der Waals surface area (Å²) in [5.41, 5.74) is -1.11. The Hall–Kier alpha value is -0.990. The summed E-state index contributed by atoms with van der Waals surface area (Å²) in [5, 5.41) is 0. The van der Waals surface area contributed by atoms with E-state index in [0.717, 1.165) is 6.08 Å². The number of alkyl halides is 3. The van der Waals surface area contributed by atoms with Gasteiger partial charge in [-0.1, -0.05) is 71.9 Å². The fourth-order valence-electron chi connectivity index (χ4n) is 1.14. The van der Waals surface area contributed by atoms with E-state index in [4.69, 9.17) is 0 Å². The summed E-state index contributed by atoms with van der Waals surface area (Å²) < 4.78 is 37.0. The van der Waals surface area contributed by atoms with Gasteiger partial charge in [0.25, 0.3) is 0 Å². The summed E-state index contributed by atoms with van der Waals surface area (Å²) in [6, 6.07) is 0. The van der Waals surface area contributed by atoms with Gasteiger partial charge in [-0.15, -0.1) is 0 Å². The highest BCUT2D eigenvalue weighted by molar-refractivity contribution is 5.33. The van der Waals surface area contributed by atoms with Crippen LogP contribution >= 0.6 is 0 Å². The molecule has 0 aliphatic heterocycles. The minimum Gasteiger partial charge on any atom is -0.166 e. The largest absolute Gasteiger partial charge is 0.416 e. The molecule has 100 valence electrons. The Kier molecular flexibility index (Phi) is 8.81. The molecule has 0 heterocycles. The van der Waals surface area contributed by atoms with E-state index in [2.05, 4.69) is 0 Å². The summed E-state index contributed by atoms with van der Waals surface area (Å²) in [7, 11) is 0. The van der Waals surface area contributed by atoms with Gasteiger partial charge in [0.1, 0.15) is 0 Å². The average Bonchev–Trinajstić information content (AvgIpc) is 2.44. The van der Waals surface area contributed by atoms with Crippen LogP contribution in [0.1, 0.15) is 41.5 Å². The summed E-state index contributed by atoms with van der Waals surface area (Å²) in [6.07, 6.45) is 2.85. The lowest BCUT2D eigenvalue weighted by Crippen LogP contribution is -2.13. The molecule has 1 rings (SSSR count). The molecule has 0 bridgehead atoms. The lowest BCUT2D eigenvalue weighted by Gasteiger charge is -2.16. The average molecular weight is 248 g/mol. The van der Waals surface area contributed by atoms with E-state index in [-0.39, 0.29) is 0 Å². The van der Waals surface area contributed by atoms with Gasteiger partial charge in [-0.2, -0.15) is 13.2 Å². The van der Waals surface area contributed by atoms with Gasteiger partial charge >= 0.3 is 6.18 Å². The van der Waals surface area contributed by atoms with E-state index in [1.807, 2.05) is 27.7 Å². The van der Waals surface area contributed by atoms with Crippen LogP contribution in [-0.2, 0) is 0 Å². The van der Waals surface area contributed by atoms with E-state index in [1.54, 1.807) is 26.0 Å². The standard InChI is InChI=1S/C10H11F3.2C2H6/c1-9(2)6-4-3-5-8(7-9)10(11,12)13;2*1-2/h3-7H,1-2H3;2*1-2H3. The maximum absolute atomic E-state index is 12.3. The highest BCUT2D eigenvalue weighted by atomic mass is 19.4. The van der Waals surface area contributed by atoms with Crippen molar-refractivity contribution in [1.29, 1.82) is 0 Å². The van der Waals surface area contributed by atoms with Gasteiger partial charge in [-0.05, 0) is 0 Å². The minimum atomic E-state index is -4.25. The zero-order valence-corrected chi connectivity index (χ0v) is 11.5. The van der Waals surface area contributed by atoms with Crippen LogP contribution in [-0.4, -0.2) is 6.18 Å². The van der Waals surface area contributed by atoms with Crippen molar-refractivity contribution in [2.24, 2.45) is 5.41 Å². The third-order valence-corrected chi connectivity index (χ3v) is 1.77. The Balaban J connectivity index is 0. The van der Waals surface area contributed by atoms with Crippen LogP contribution in [0.2, 0.25) is 0 Å². The smallest absolute Gasteiger partial charge is 0.166 e. The fourth-order valence-corrected chi connectivity index (χ4v) is 1.14. The molecule has 0 spiro atoms. The monoisotopic (exact) mass is 248 g/mol. The SMILES string of the molecule is CC.CC.CC1(C)C=CC=CC(C(F)(F)F)=C1. The first-order chi connectivity index (χ1) is 7.81. The zero-order valence-electron chi connectivity index (χ0n) is 11.5. The quantitative estimate of drug-likeness (QED) is 0.517. The number of hydrogen-bond acceptors (Lipinski definition) is 0. The molecule has 1 aliphatic carbocycles. The highest BCUT2D eigenvalue weighted by Crippen LogP contribution is 2.33. The Morgan fingerprint density at radius 1 is 0.941 bits per heavy atom. The van der Waals surface area contributed by atoms with Crippen molar-refractivity contribution in [1.82, 2.24) is 0 Å². The molecule has 0 saturated carbocycles. The van der Waals surface area contributed by atoms with Gasteiger partial charge in [0.15, 0.2) is 0 Å². The van der Waals surface area contributed by atoms with Crippen LogP contribution in [0.5, 0.6) is 0 Å². The van der Waals surface area contributed by atoms with Crippen molar-refractivity contribution >= 4 is 0 Å². The molecule has 0 aromatic rings. The molecule has 0 amide bonds. The minimum absolute atomic E-state index is 0.533. The summed E-state index contributed by atoms with van der Waals surface area (Å²) in [5.74, 6) is 0. The predicted octanol–water partition coefficient (Wildman–Crippen LogP) is 5.68. The van der Waals surface area contributed by atoms with E-state index in [1.165, 1.54) is 12.2 Å². The third kappa shape index (κ3) is 7.83. The van der Waals surface area contributed by atoms with Crippen LogP contribution in [0, 0.1) is 5.41 Å². The van der Waals surface area contributed by atoms with E-state index in [0.29, 0.717) is 0 Å². The molecule has 0 fully saturated rings. The van der Waals surface area contributed by atoms with Gasteiger partial charge in [-0.25, -0.2) is 0 Å². The molecule has 0 saturated heterocycles. The number of allylic oxidation sites excluding steroid dienone is 6. The highest BCUT2D eigenvalue weighted by Gasteiger charge is 2.33. The van der Waals surface area contributed by atoms with E-state index in [9.17, 15) is 13.2 Å². The topological polar surface area (TPSA) is 0 Å². The van der Waals surface area contributed by atoms with Gasteiger partial charge in [-0.3, -0.25) is 0 Å². The van der Waals surface area contributed by atoms with Crippen molar-refractivity contribution in [3.05, 3.63) is 36.0 Å². The van der Waals surface area contributed by atoms with Crippen molar-refractivity contribution in [2.45, 2.75) is 47.7 Å². The molecule has 0 unspecified atom stereocenters. The fraction of sp³-hybridized carbons (Fsp3) is 0.571. The first kappa shape index (κ1) is 18.4. The molecule has 3 heteroatoms. The van der Waals surface area contributed by atoms with Crippen LogP contribution in [0.15, 0.2) is 36.0 Å². The second-order valence-electron chi connectivity index (χ2n) is 3.64. The van der Waals surface area contributed by atoms with Gasteiger partial charge in [0.2, 0.25) is 0 Å². The third-order valence-electron chi connectivity index (χ3n) is 1.77. The van der Waals surface area contributed by atoms with Crippen LogP contribution in [0.3, 0.4) is 0 Å². The van der Waals surface area contributed by atoms with Crippen molar-refractivity contribution in [3.63, 3.8) is 0 Å². The Bertz CT molecular complexity index is 278. The maximum Gasteiger partial charge on any atom is 0.416 e. The molecule has 1 aliphatic rings. The molecular weight excluding hydrogens is 225 g/mol. The summed E-state index contributed by atoms with van der Waals surface area (Å²) in [4.78, 5) is 0. The first-order valence-corrected chi connectivity index (χ1v) is 5.97. The van der Waals surface area contributed by atoms with Crippen molar-refractivity contribution in [2.75, 3.05) is 0 Å². The molecule has 0 aromatic carbocycles. The lowest BCUT2D eigenvalue weighted by atomic mass is 9.91. The molecule has 0 N–H and O–H groups in total. The van der Waals surface area contributed by atoms with Crippen molar-refractivity contribution < 1.29 is 13.2 Å². The van der Waals surface area contributed by atoms with Crippen LogP contribution < -0.4 is 0 Å². The second-order valence-corrected chi connectivity index (χ2v) is 3.64. The molecule has 0 atom stereocenters. The second kappa shape index (κ2) is 8.15. The Morgan fingerprint density at radius 2 is 1.41 bits per heavy atom.